The number of aliphatic hydroxyl groups excluding tert-OH is 1. The van der Waals surface area contributed by atoms with E-state index >= 15 is 0 Å². The summed E-state index contributed by atoms with van der Waals surface area (Å²) in [5.74, 6) is 0.840. The summed E-state index contributed by atoms with van der Waals surface area (Å²) in [6, 6.07) is 8.82. The number of hydrogen-bond donors (Lipinski definition) is 1. The van der Waals surface area contributed by atoms with Crippen molar-refractivity contribution in [3.05, 3.63) is 58.0 Å². The Kier molecular flexibility index (Phi) is 5.35. The van der Waals surface area contributed by atoms with Gasteiger partial charge >= 0.3 is 5.69 Å². The SMILES string of the molecule is COc1ccc(CN2CCCC2CC(O)c2ccco2)cc1[N+](=O)[O-]. The Hall–Kier alpha value is -2.38. The minimum atomic E-state index is -0.634. The van der Waals surface area contributed by atoms with Crippen molar-refractivity contribution in [3.8, 4) is 5.75 Å². The van der Waals surface area contributed by atoms with Crippen LogP contribution in [0.3, 0.4) is 0 Å². The Morgan fingerprint density at radius 3 is 3.00 bits per heavy atom. The lowest BCUT2D eigenvalue weighted by atomic mass is 10.0. The van der Waals surface area contributed by atoms with E-state index in [1.165, 1.54) is 7.11 Å². The molecule has 134 valence electrons. The van der Waals surface area contributed by atoms with Gasteiger partial charge in [0.1, 0.15) is 11.9 Å². The molecule has 25 heavy (non-hydrogen) atoms. The third-order valence-electron chi connectivity index (χ3n) is 4.69. The predicted octanol–water partition coefficient (Wildman–Crippen LogP) is 3.28. The van der Waals surface area contributed by atoms with Crippen LogP contribution in [0.2, 0.25) is 0 Å². The van der Waals surface area contributed by atoms with Crippen LogP contribution in [0.4, 0.5) is 5.69 Å². The minimum Gasteiger partial charge on any atom is -0.490 e. The van der Waals surface area contributed by atoms with Gasteiger partial charge in [-0.1, -0.05) is 6.07 Å². The molecule has 0 spiro atoms. The first-order valence-electron chi connectivity index (χ1n) is 8.35. The maximum Gasteiger partial charge on any atom is 0.311 e. The van der Waals surface area contributed by atoms with Crippen molar-refractivity contribution in [1.29, 1.82) is 0 Å². The molecule has 3 rings (SSSR count). The lowest BCUT2D eigenvalue weighted by Crippen LogP contribution is -2.30. The van der Waals surface area contributed by atoms with Crippen molar-refractivity contribution >= 4 is 5.69 Å². The molecule has 2 atom stereocenters. The average molecular weight is 346 g/mol. The van der Waals surface area contributed by atoms with Gasteiger partial charge in [0.25, 0.3) is 0 Å². The summed E-state index contributed by atoms with van der Waals surface area (Å²) in [5.41, 5.74) is 0.846. The quantitative estimate of drug-likeness (QED) is 0.611. The summed E-state index contributed by atoms with van der Waals surface area (Å²) in [5, 5.41) is 21.5. The number of aliphatic hydroxyl groups is 1. The van der Waals surface area contributed by atoms with Crippen molar-refractivity contribution in [2.75, 3.05) is 13.7 Å². The molecule has 1 aliphatic rings. The third-order valence-corrected chi connectivity index (χ3v) is 4.69. The van der Waals surface area contributed by atoms with Crippen molar-refractivity contribution in [2.24, 2.45) is 0 Å². The minimum absolute atomic E-state index is 0.0219. The fourth-order valence-corrected chi connectivity index (χ4v) is 3.44. The van der Waals surface area contributed by atoms with E-state index in [0.29, 0.717) is 18.7 Å². The zero-order chi connectivity index (χ0) is 17.8. The normalized spacial score (nSPS) is 19.0. The molecule has 2 aromatic rings. The second kappa shape index (κ2) is 7.67. The molecule has 1 aromatic carbocycles. The van der Waals surface area contributed by atoms with E-state index in [9.17, 15) is 15.2 Å². The van der Waals surface area contributed by atoms with Crippen molar-refractivity contribution in [2.45, 2.75) is 38.0 Å². The van der Waals surface area contributed by atoms with Crippen LogP contribution in [0, 0.1) is 10.1 Å². The van der Waals surface area contributed by atoms with Gasteiger partial charge in [-0.05, 0) is 49.6 Å². The number of nitro benzene ring substituents is 1. The second-order valence-corrected chi connectivity index (χ2v) is 6.30. The molecule has 7 nitrogen and oxygen atoms in total. The molecule has 1 saturated heterocycles. The largest absolute Gasteiger partial charge is 0.490 e. The first kappa shape index (κ1) is 17.4. The number of benzene rings is 1. The fraction of sp³-hybridized carbons (Fsp3) is 0.444. The van der Waals surface area contributed by atoms with Gasteiger partial charge in [0.05, 0.1) is 18.3 Å². The Morgan fingerprint density at radius 2 is 2.32 bits per heavy atom. The van der Waals surface area contributed by atoms with Gasteiger partial charge < -0.3 is 14.3 Å². The van der Waals surface area contributed by atoms with Gasteiger partial charge in [0.15, 0.2) is 5.75 Å². The molecule has 1 aliphatic heterocycles. The van der Waals surface area contributed by atoms with Crippen molar-refractivity contribution in [3.63, 3.8) is 0 Å². The van der Waals surface area contributed by atoms with E-state index in [0.717, 1.165) is 24.9 Å². The van der Waals surface area contributed by atoms with Crippen LogP contribution in [-0.2, 0) is 6.54 Å². The highest BCUT2D eigenvalue weighted by atomic mass is 16.6. The Balaban J connectivity index is 1.69. The number of hydrogen-bond acceptors (Lipinski definition) is 6. The lowest BCUT2D eigenvalue weighted by Gasteiger charge is -2.26. The van der Waals surface area contributed by atoms with E-state index in [-0.39, 0.29) is 17.5 Å². The summed E-state index contributed by atoms with van der Waals surface area (Å²) < 4.78 is 10.3. The molecule has 0 amide bonds. The molecule has 1 fully saturated rings. The van der Waals surface area contributed by atoms with Gasteiger partial charge in [0.2, 0.25) is 0 Å². The number of ether oxygens (including phenoxy) is 1. The Bertz CT molecular complexity index is 716. The zero-order valence-corrected chi connectivity index (χ0v) is 14.1. The van der Waals surface area contributed by atoms with Crippen LogP contribution in [0.15, 0.2) is 41.0 Å². The fourth-order valence-electron chi connectivity index (χ4n) is 3.44. The number of nitrogens with zero attached hydrogens (tertiary/aromatic N) is 2. The molecular weight excluding hydrogens is 324 g/mol. The zero-order valence-electron chi connectivity index (χ0n) is 14.1. The summed E-state index contributed by atoms with van der Waals surface area (Å²) in [6.07, 6.45) is 3.56. The van der Waals surface area contributed by atoms with Gasteiger partial charge in [-0.15, -0.1) is 0 Å². The molecule has 1 N–H and O–H groups in total. The summed E-state index contributed by atoms with van der Waals surface area (Å²) >= 11 is 0. The number of nitro groups is 1. The summed E-state index contributed by atoms with van der Waals surface area (Å²) in [7, 11) is 1.43. The van der Waals surface area contributed by atoms with Gasteiger partial charge in [0, 0.05) is 18.7 Å². The van der Waals surface area contributed by atoms with Gasteiger partial charge in [-0.25, -0.2) is 0 Å². The standard InChI is InChI=1S/C18H22N2O5/c1-24-17-7-6-13(10-15(17)20(22)23)12-19-8-2-4-14(19)11-16(21)18-5-3-9-25-18/h3,5-7,9-10,14,16,21H,2,4,8,11-12H2,1H3. The molecule has 0 aliphatic carbocycles. The van der Waals surface area contributed by atoms with Crippen LogP contribution in [0.1, 0.15) is 36.7 Å². The molecule has 0 saturated carbocycles. The highest BCUT2D eigenvalue weighted by Gasteiger charge is 2.28. The van der Waals surface area contributed by atoms with Crippen LogP contribution < -0.4 is 4.74 Å². The molecule has 7 heteroatoms. The Labute approximate surface area is 146 Å². The first-order chi connectivity index (χ1) is 12.1. The number of methoxy groups -OCH3 is 1. The smallest absolute Gasteiger partial charge is 0.311 e. The second-order valence-electron chi connectivity index (χ2n) is 6.30. The number of likely N-dealkylation sites (tertiary alicyclic amines) is 1. The number of rotatable bonds is 7. The molecule has 1 aromatic heterocycles. The summed E-state index contributed by atoms with van der Waals surface area (Å²) in [4.78, 5) is 13.0. The Morgan fingerprint density at radius 1 is 1.48 bits per heavy atom. The lowest BCUT2D eigenvalue weighted by molar-refractivity contribution is -0.385. The molecule has 2 heterocycles. The summed E-state index contributed by atoms with van der Waals surface area (Å²) in [6.45, 7) is 1.52. The molecule has 2 unspecified atom stereocenters. The maximum absolute atomic E-state index is 11.2. The first-order valence-corrected chi connectivity index (χ1v) is 8.35. The van der Waals surface area contributed by atoms with Crippen molar-refractivity contribution in [1.82, 2.24) is 4.90 Å². The highest BCUT2D eigenvalue weighted by Crippen LogP contribution is 2.31. The highest BCUT2D eigenvalue weighted by molar-refractivity contribution is 5.48. The monoisotopic (exact) mass is 346 g/mol. The predicted molar refractivity (Wildman–Crippen MR) is 91.4 cm³/mol. The average Bonchev–Trinajstić information content (AvgIpc) is 3.27. The van der Waals surface area contributed by atoms with E-state index < -0.39 is 11.0 Å². The maximum atomic E-state index is 11.2. The third kappa shape index (κ3) is 4.00. The molecular formula is C18H22N2O5. The van der Waals surface area contributed by atoms with Gasteiger partial charge in [-0.2, -0.15) is 0 Å². The van der Waals surface area contributed by atoms with E-state index in [4.69, 9.17) is 9.15 Å². The van der Waals surface area contributed by atoms with Crippen LogP contribution >= 0.6 is 0 Å². The van der Waals surface area contributed by atoms with Crippen molar-refractivity contribution < 1.29 is 19.2 Å². The topological polar surface area (TPSA) is 89.0 Å². The van der Waals surface area contributed by atoms with E-state index in [1.807, 2.05) is 6.07 Å². The van der Waals surface area contributed by atoms with Crippen LogP contribution in [0.5, 0.6) is 5.75 Å². The van der Waals surface area contributed by atoms with Crippen LogP contribution in [0.25, 0.3) is 0 Å². The molecule has 0 bridgehead atoms. The van der Waals surface area contributed by atoms with E-state index in [2.05, 4.69) is 4.90 Å². The van der Waals surface area contributed by atoms with E-state index in [1.54, 1.807) is 30.5 Å². The van der Waals surface area contributed by atoms with Gasteiger partial charge in [-0.3, -0.25) is 15.0 Å². The molecule has 0 radical (unpaired) electrons. The number of furan rings is 1. The van der Waals surface area contributed by atoms with Crippen LogP contribution in [-0.4, -0.2) is 34.6 Å².